The number of hydrogen-bond donors (Lipinski definition) is 0. The van der Waals surface area contributed by atoms with Gasteiger partial charge in [0.15, 0.2) is 0 Å². The van der Waals surface area contributed by atoms with Gasteiger partial charge >= 0.3 is 5.97 Å². The summed E-state index contributed by atoms with van der Waals surface area (Å²) in [6, 6.07) is 5.92. The molecule has 0 atom stereocenters. The summed E-state index contributed by atoms with van der Waals surface area (Å²) >= 11 is 1.39. The first-order valence-electron chi connectivity index (χ1n) is 4.21. The molecule has 0 saturated carbocycles. The van der Waals surface area contributed by atoms with Gasteiger partial charge in [0.05, 0.1) is 10.2 Å². The Morgan fingerprint density at radius 3 is 2.93 bits per heavy atom. The van der Waals surface area contributed by atoms with E-state index < -0.39 is 0 Å². The quantitative estimate of drug-likeness (QED) is 0.674. The summed E-state index contributed by atoms with van der Waals surface area (Å²) in [6.45, 7) is 3.36. The number of nitrogens with zero attached hydrogens (tertiary/aromatic N) is 1. The van der Waals surface area contributed by atoms with Crippen LogP contribution in [0.2, 0.25) is 0 Å². The SMILES string of the molecule is CC(=O)Oc1nc2c(C)cccc2s1. The molecule has 0 aliphatic carbocycles. The van der Waals surface area contributed by atoms with Crippen molar-refractivity contribution in [1.29, 1.82) is 0 Å². The Kier molecular flexibility index (Phi) is 2.21. The van der Waals surface area contributed by atoms with Crippen LogP contribution in [0.15, 0.2) is 18.2 Å². The van der Waals surface area contributed by atoms with Crippen LogP contribution in [-0.2, 0) is 4.79 Å². The van der Waals surface area contributed by atoms with Gasteiger partial charge in [0.25, 0.3) is 5.19 Å². The number of ether oxygens (including phenoxy) is 1. The van der Waals surface area contributed by atoms with Crippen molar-refractivity contribution in [1.82, 2.24) is 4.98 Å². The second-order valence-electron chi connectivity index (χ2n) is 3.00. The minimum Gasteiger partial charge on any atom is -0.398 e. The predicted molar refractivity (Wildman–Crippen MR) is 55.7 cm³/mol. The zero-order valence-corrected chi connectivity index (χ0v) is 8.72. The second-order valence-corrected chi connectivity index (χ2v) is 3.99. The third kappa shape index (κ3) is 1.61. The number of benzene rings is 1. The van der Waals surface area contributed by atoms with Gasteiger partial charge in [-0.1, -0.05) is 23.5 Å². The number of fused-ring (bicyclic) bond motifs is 1. The van der Waals surface area contributed by atoms with Gasteiger partial charge in [-0.25, -0.2) is 4.98 Å². The summed E-state index contributed by atoms with van der Waals surface area (Å²) in [5.41, 5.74) is 2.01. The van der Waals surface area contributed by atoms with E-state index in [1.54, 1.807) is 0 Å². The van der Waals surface area contributed by atoms with E-state index in [0.717, 1.165) is 15.8 Å². The molecule has 0 N–H and O–H groups in total. The zero-order chi connectivity index (χ0) is 10.1. The maximum atomic E-state index is 10.7. The fraction of sp³-hybridized carbons (Fsp3) is 0.200. The van der Waals surface area contributed by atoms with Crippen LogP contribution in [0.3, 0.4) is 0 Å². The van der Waals surface area contributed by atoms with Gasteiger partial charge in [-0.3, -0.25) is 4.79 Å². The van der Waals surface area contributed by atoms with Crippen LogP contribution >= 0.6 is 11.3 Å². The first-order chi connectivity index (χ1) is 6.66. The van der Waals surface area contributed by atoms with Gasteiger partial charge in [-0.05, 0) is 18.6 Å². The Labute approximate surface area is 85.3 Å². The predicted octanol–water partition coefficient (Wildman–Crippen LogP) is 2.53. The fourth-order valence-electron chi connectivity index (χ4n) is 1.23. The number of carbonyl (C=O) groups excluding carboxylic acids is 1. The third-order valence-electron chi connectivity index (χ3n) is 1.83. The lowest BCUT2D eigenvalue weighted by Crippen LogP contribution is -2.00. The molecule has 1 heterocycles. The monoisotopic (exact) mass is 207 g/mol. The van der Waals surface area contributed by atoms with E-state index in [4.69, 9.17) is 4.74 Å². The van der Waals surface area contributed by atoms with E-state index >= 15 is 0 Å². The van der Waals surface area contributed by atoms with Gasteiger partial charge in [-0.15, -0.1) is 0 Å². The molecule has 0 saturated heterocycles. The molecule has 14 heavy (non-hydrogen) atoms. The Hall–Kier alpha value is -1.42. The van der Waals surface area contributed by atoms with Gasteiger partial charge in [0.2, 0.25) is 0 Å². The zero-order valence-electron chi connectivity index (χ0n) is 7.90. The summed E-state index contributed by atoms with van der Waals surface area (Å²) in [5.74, 6) is -0.332. The van der Waals surface area contributed by atoms with Crippen molar-refractivity contribution < 1.29 is 9.53 Å². The van der Waals surface area contributed by atoms with Crippen LogP contribution in [0.4, 0.5) is 0 Å². The molecule has 3 nitrogen and oxygen atoms in total. The highest BCUT2D eigenvalue weighted by atomic mass is 32.1. The Morgan fingerprint density at radius 2 is 2.29 bits per heavy atom. The Bertz CT molecular complexity index is 490. The molecule has 0 unspecified atom stereocenters. The number of rotatable bonds is 1. The molecule has 0 fully saturated rings. The Morgan fingerprint density at radius 1 is 1.50 bits per heavy atom. The van der Waals surface area contributed by atoms with Crippen molar-refractivity contribution in [3.05, 3.63) is 23.8 Å². The summed E-state index contributed by atoms with van der Waals surface area (Å²) in [5, 5.41) is 0.418. The lowest BCUT2D eigenvalue weighted by Gasteiger charge is -1.91. The van der Waals surface area contributed by atoms with Crippen molar-refractivity contribution in [2.24, 2.45) is 0 Å². The Balaban J connectivity index is 2.51. The highest BCUT2D eigenvalue weighted by molar-refractivity contribution is 7.20. The molecule has 1 aromatic heterocycles. The summed E-state index contributed by atoms with van der Waals surface area (Å²) in [4.78, 5) is 14.9. The fourth-order valence-corrected chi connectivity index (χ4v) is 2.17. The average molecular weight is 207 g/mol. The van der Waals surface area contributed by atoms with E-state index in [0.29, 0.717) is 5.19 Å². The lowest BCUT2D eigenvalue weighted by atomic mass is 10.2. The normalized spacial score (nSPS) is 10.4. The number of esters is 1. The molecule has 0 aliphatic rings. The van der Waals surface area contributed by atoms with E-state index in [2.05, 4.69) is 4.98 Å². The largest absolute Gasteiger partial charge is 0.398 e. The summed E-state index contributed by atoms with van der Waals surface area (Å²) < 4.78 is 5.97. The molecule has 0 aliphatic heterocycles. The summed E-state index contributed by atoms with van der Waals surface area (Å²) in [6.07, 6.45) is 0. The van der Waals surface area contributed by atoms with Gasteiger partial charge < -0.3 is 4.74 Å². The number of aryl methyl sites for hydroxylation is 1. The van der Waals surface area contributed by atoms with Crippen LogP contribution in [-0.4, -0.2) is 11.0 Å². The minimum atomic E-state index is -0.332. The first-order valence-corrected chi connectivity index (χ1v) is 5.03. The maximum absolute atomic E-state index is 10.7. The van der Waals surface area contributed by atoms with E-state index in [-0.39, 0.29) is 5.97 Å². The van der Waals surface area contributed by atoms with Crippen molar-refractivity contribution in [3.63, 3.8) is 0 Å². The van der Waals surface area contributed by atoms with Gasteiger partial charge in [0.1, 0.15) is 0 Å². The van der Waals surface area contributed by atoms with E-state index in [9.17, 15) is 4.79 Å². The third-order valence-corrected chi connectivity index (χ3v) is 2.73. The van der Waals surface area contributed by atoms with Gasteiger partial charge in [-0.2, -0.15) is 0 Å². The molecule has 0 bridgehead atoms. The maximum Gasteiger partial charge on any atom is 0.309 e. The molecular weight excluding hydrogens is 198 g/mol. The highest BCUT2D eigenvalue weighted by Gasteiger charge is 2.07. The van der Waals surface area contributed by atoms with Crippen LogP contribution < -0.4 is 4.74 Å². The van der Waals surface area contributed by atoms with E-state index in [1.165, 1.54) is 18.3 Å². The van der Waals surface area contributed by atoms with E-state index in [1.807, 2.05) is 25.1 Å². The molecule has 1 aromatic carbocycles. The molecule has 4 heteroatoms. The second kappa shape index (κ2) is 3.38. The van der Waals surface area contributed by atoms with Crippen LogP contribution in [0.1, 0.15) is 12.5 Å². The van der Waals surface area contributed by atoms with Crippen molar-refractivity contribution in [2.75, 3.05) is 0 Å². The standard InChI is InChI=1S/C10H9NO2S/c1-6-4-3-5-8-9(6)11-10(14-8)13-7(2)12/h3-5H,1-2H3. The van der Waals surface area contributed by atoms with Gasteiger partial charge in [0, 0.05) is 6.92 Å². The van der Waals surface area contributed by atoms with Crippen molar-refractivity contribution in [3.8, 4) is 5.19 Å². The molecule has 2 rings (SSSR count). The molecule has 0 amide bonds. The number of thiazole rings is 1. The topological polar surface area (TPSA) is 39.2 Å². The van der Waals surface area contributed by atoms with Crippen LogP contribution in [0.5, 0.6) is 5.19 Å². The molecule has 0 radical (unpaired) electrons. The molecule has 0 spiro atoms. The molecule has 72 valence electrons. The molecular formula is C10H9NO2S. The smallest absolute Gasteiger partial charge is 0.309 e. The number of aromatic nitrogens is 1. The van der Waals surface area contributed by atoms with Crippen molar-refractivity contribution >= 4 is 27.5 Å². The minimum absolute atomic E-state index is 0.332. The van der Waals surface area contributed by atoms with Crippen LogP contribution in [0.25, 0.3) is 10.2 Å². The lowest BCUT2D eigenvalue weighted by molar-refractivity contribution is -0.131. The highest BCUT2D eigenvalue weighted by Crippen LogP contribution is 2.29. The summed E-state index contributed by atoms with van der Waals surface area (Å²) in [7, 11) is 0. The van der Waals surface area contributed by atoms with Crippen molar-refractivity contribution in [2.45, 2.75) is 13.8 Å². The number of para-hydroxylation sites is 1. The molecule has 2 aromatic rings. The van der Waals surface area contributed by atoms with Crippen LogP contribution in [0, 0.1) is 6.92 Å². The number of hydrogen-bond acceptors (Lipinski definition) is 4. The first kappa shape index (κ1) is 9.15. The average Bonchev–Trinajstić information content (AvgIpc) is 2.47. The number of carbonyl (C=O) groups is 1.